The van der Waals surface area contributed by atoms with Gasteiger partial charge in [0.15, 0.2) is 5.79 Å². The highest BCUT2D eigenvalue weighted by atomic mass is 16.7. The van der Waals surface area contributed by atoms with Crippen molar-refractivity contribution in [2.24, 2.45) is 5.92 Å². The van der Waals surface area contributed by atoms with Crippen LogP contribution >= 0.6 is 0 Å². The Morgan fingerprint density at radius 3 is 2.80 bits per heavy atom. The van der Waals surface area contributed by atoms with Gasteiger partial charge < -0.3 is 14.8 Å². The quantitative estimate of drug-likeness (QED) is 0.743. The molecular weight excluding hydrogens is 256 g/mol. The summed E-state index contributed by atoms with van der Waals surface area (Å²) in [5.41, 5.74) is 1.05. The number of hydrogen-bond donors (Lipinski definition) is 1. The second kappa shape index (κ2) is 6.70. The Morgan fingerprint density at radius 2 is 2.15 bits per heavy atom. The molecule has 2 fully saturated rings. The van der Waals surface area contributed by atoms with Crippen LogP contribution in [0.1, 0.15) is 26.7 Å². The molecule has 1 unspecified atom stereocenters. The maximum Gasteiger partial charge on any atom is 0.223 e. The third-order valence-corrected chi connectivity index (χ3v) is 3.92. The first-order chi connectivity index (χ1) is 9.51. The van der Waals surface area contributed by atoms with Crippen LogP contribution in [-0.4, -0.2) is 56.0 Å². The lowest BCUT2D eigenvalue weighted by Gasteiger charge is -2.22. The van der Waals surface area contributed by atoms with Gasteiger partial charge in [-0.3, -0.25) is 9.69 Å². The summed E-state index contributed by atoms with van der Waals surface area (Å²) in [5.74, 6) is -0.258. The Hall–Kier alpha value is -0.910. The van der Waals surface area contributed by atoms with Crippen molar-refractivity contribution in [3.63, 3.8) is 0 Å². The molecule has 0 radical (unpaired) electrons. The maximum atomic E-state index is 11.9. The van der Waals surface area contributed by atoms with Crippen LogP contribution in [0.2, 0.25) is 0 Å². The van der Waals surface area contributed by atoms with Gasteiger partial charge in [-0.2, -0.15) is 0 Å². The Labute approximate surface area is 121 Å². The number of rotatable bonds is 6. The van der Waals surface area contributed by atoms with E-state index < -0.39 is 0 Å². The lowest BCUT2D eigenvalue weighted by molar-refractivity contribution is -0.145. The summed E-state index contributed by atoms with van der Waals surface area (Å²) in [6.07, 6.45) is 1.67. The molecule has 2 aliphatic rings. The molecule has 2 heterocycles. The number of hydrogen-bond acceptors (Lipinski definition) is 4. The zero-order chi connectivity index (χ0) is 14.6. The van der Waals surface area contributed by atoms with E-state index in [-0.39, 0.29) is 17.6 Å². The first-order valence-corrected chi connectivity index (χ1v) is 7.43. The smallest absolute Gasteiger partial charge is 0.223 e. The van der Waals surface area contributed by atoms with Gasteiger partial charge in [-0.1, -0.05) is 12.5 Å². The lowest BCUT2D eigenvalue weighted by atomic mass is 10.0. The van der Waals surface area contributed by atoms with E-state index in [2.05, 4.69) is 16.8 Å². The summed E-state index contributed by atoms with van der Waals surface area (Å²) >= 11 is 0. The van der Waals surface area contributed by atoms with Crippen LogP contribution in [0, 0.1) is 5.92 Å². The van der Waals surface area contributed by atoms with Gasteiger partial charge in [-0.15, -0.1) is 6.58 Å². The Balaban J connectivity index is 1.64. The summed E-state index contributed by atoms with van der Waals surface area (Å²) in [6.45, 7) is 12.4. The van der Waals surface area contributed by atoms with E-state index in [1.165, 1.54) is 0 Å². The molecular formula is C15H26N2O3. The monoisotopic (exact) mass is 282 g/mol. The first kappa shape index (κ1) is 15.5. The zero-order valence-electron chi connectivity index (χ0n) is 12.6. The molecule has 0 aliphatic carbocycles. The van der Waals surface area contributed by atoms with E-state index in [1.807, 2.05) is 13.8 Å². The van der Waals surface area contributed by atoms with Crippen molar-refractivity contribution in [2.45, 2.75) is 32.5 Å². The SMILES string of the molecule is C=C(C)CC(C)C(=O)NCCN1CCC2(C1)OCCO2. The Kier molecular flexibility index (Phi) is 5.18. The molecule has 2 aliphatic heterocycles. The fraction of sp³-hybridized carbons (Fsp3) is 0.800. The molecule has 2 rings (SSSR count). The molecule has 5 heteroatoms. The third-order valence-electron chi connectivity index (χ3n) is 3.92. The van der Waals surface area contributed by atoms with Crippen LogP contribution in [0.4, 0.5) is 0 Å². The van der Waals surface area contributed by atoms with E-state index in [1.54, 1.807) is 0 Å². The number of carbonyl (C=O) groups is 1. The average molecular weight is 282 g/mol. The van der Waals surface area contributed by atoms with Crippen LogP contribution < -0.4 is 5.32 Å². The highest BCUT2D eigenvalue weighted by Crippen LogP contribution is 2.29. The standard InChI is InChI=1S/C15H26N2O3/c1-12(2)10-13(3)14(18)16-5-7-17-6-4-15(11-17)19-8-9-20-15/h13H,1,4-11H2,2-3H3,(H,16,18). The first-order valence-electron chi connectivity index (χ1n) is 7.43. The average Bonchev–Trinajstić information content (AvgIpc) is 2.99. The summed E-state index contributed by atoms with van der Waals surface area (Å²) in [5, 5.41) is 2.99. The van der Waals surface area contributed by atoms with Crippen molar-refractivity contribution in [2.75, 3.05) is 39.4 Å². The minimum Gasteiger partial charge on any atom is -0.355 e. The van der Waals surface area contributed by atoms with E-state index in [4.69, 9.17) is 9.47 Å². The van der Waals surface area contributed by atoms with E-state index in [0.717, 1.165) is 38.0 Å². The van der Waals surface area contributed by atoms with Crippen molar-refractivity contribution in [1.82, 2.24) is 10.2 Å². The van der Waals surface area contributed by atoms with Crippen molar-refractivity contribution in [3.8, 4) is 0 Å². The summed E-state index contributed by atoms with van der Waals surface area (Å²) in [6, 6.07) is 0. The molecule has 1 spiro atoms. The van der Waals surface area contributed by atoms with Gasteiger partial charge in [0, 0.05) is 32.0 Å². The summed E-state index contributed by atoms with van der Waals surface area (Å²) in [4.78, 5) is 14.2. The molecule has 0 aromatic carbocycles. The molecule has 0 aromatic heterocycles. The normalized spacial score (nSPS) is 23.1. The van der Waals surface area contributed by atoms with Crippen LogP contribution in [0.15, 0.2) is 12.2 Å². The number of ether oxygens (including phenoxy) is 2. The van der Waals surface area contributed by atoms with Gasteiger partial charge >= 0.3 is 0 Å². The lowest BCUT2D eigenvalue weighted by Crippen LogP contribution is -2.39. The van der Waals surface area contributed by atoms with E-state index in [9.17, 15) is 4.79 Å². The topological polar surface area (TPSA) is 50.8 Å². The fourth-order valence-corrected chi connectivity index (χ4v) is 2.88. The minimum atomic E-state index is -0.364. The van der Waals surface area contributed by atoms with Gasteiger partial charge in [0.25, 0.3) is 0 Å². The number of nitrogens with zero attached hydrogens (tertiary/aromatic N) is 1. The molecule has 5 nitrogen and oxygen atoms in total. The molecule has 0 saturated carbocycles. The van der Waals surface area contributed by atoms with Crippen molar-refractivity contribution < 1.29 is 14.3 Å². The van der Waals surface area contributed by atoms with Crippen molar-refractivity contribution >= 4 is 5.91 Å². The molecule has 20 heavy (non-hydrogen) atoms. The van der Waals surface area contributed by atoms with E-state index in [0.29, 0.717) is 19.8 Å². The predicted molar refractivity (Wildman–Crippen MR) is 77.3 cm³/mol. The van der Waals surface area contributed by atoms with E-state index >= 15 is 0 Å². The predicted octanol–water partition coefficient (Wildman–Crippen LogP) is 1.15. The second-order valence-electron chi connectivity index (χ2n) is 5.99. The molecule has 1 amide bonds. The van der Waals surface area contributed by atoms with Crippen LogP contribution in [0.3, 0.4) is 0 Å². The number of likely N-dealkylation sites (tertiary alicyclic amines) is 1. The number of carbonyl (C=O) groups excluding carboxylic acids is 1. The van der Waals surface area contributed by atoms with Gasteiger partial charge in [0.05, 0.1) is 19.8 Å². The molecule has 114 valence electrons. The summed E-state index contributed by atoms with van der Waals surface area (Å²) in [7, 11) is 0. The minimum absolute atomic E-state index is 0.00100. The number of nitrogens with one attached hydrogen (secondary N) is 1. The van der Waals surface area contributed by atoms with Gasteiger partial charge in [-0.25, -0.2) is 0 Å². The largest absolute Gasteiger partial charge is 0.355 e. The van der Waals surface area contributed by atoms with Crippen molar-refractivity contribution in [3.05, 3.63) is 12.2 Å². The maximum absolute atomic E-state index is 11.9. The Bertz CT molecular complexity index is 364. The molecule has 1 atom stereocenters. The molecule has 0 bridgehead atoms. The molecule has 1 N–H and O–H groups in total. The zero-order valence-corrected chi connectivity index (χ0v) is 12.6. The van der Waals surface area contributed by atoms with Gasteiger partial charge in [0.2, 0.25) is 5.91 Å². The second-order valence-corrected chi connectivity index (χ2v) is 5.99. The fourth-order valence-electron chi connectivity index (χ4n) is 2.88. The highest BCUT2D eigenvalue weighted by molar-refractivity contribution is 5.78. The molecule has 2 saturated heterocycles. The van der Waals surface area contributed by atoms with Crippen LogP contribution in [0.5, 0.6) is 0 Å². The number of allylic oxidation sites excluding steroid dienone is 1. The van der Waals surface area contributed by atoms with Gasteiger partial charge in [-0.05, 0) is 13.3 Å². The highest BCUT2D eigenvalue weighted by Gasteiger charge is 2.42. The molecule has 0 aromatic rings. The van der Waals surface area contributed by atoms with Gasteiger partial charge in [0.1, 0.15) is 0 Å². The Morgan fingerprint density at radius 1 is 1.45 bits per heavy atom. The van der Waals surface area contributed by atoms with Crippen molar-refractivity contribution in [1.29, 1.82) is 0 Å². The van der Waals surface area contributed by atoms with Crippen LogP contribution in [-0.2, 0) is 14.3 Å². The summed E-state index contributed by atoms with van der Waals surface area (Å²) < 4.78 is 11.4. The third kappa shape index (κ3) is 4.04. The number of amides is 1. The van der Waals surface area contributed by atoms with Crippen LogP contribution in [0.25, 0.3) is 0 Å².